The van der Waals surface area contributed by atoms with Crippen molar-refractivity contribution in [2.45, 2.75) is 78.4 Å². The number of carboxylic acid groups (broad SMARTS) is 1. The summed E-state index contributed by atoms with van der Waals surface area (Å²) in [5.41, 5.74) is 0. The molecular formula is C20H35NO4. The molecular weight excluding hydrogens is 318 g/mol. The molecule has 0 aromatic heterocycles. The van der Waals surface area contributed by atoms with Gasteiger partial charge in [-0.25, -0.2) is 4.79 Å². The zero-order valence-electron chi connectivity index (χ0n) is 16.0. The number of rotatable bonds is 10. The molecule has 1 rings (SSSR count). The van der Waals surface area contributed by atoms with Crippen molar-refractivity contribution in [2.75, 3.05) is 0 Å². The molecule has 2 N–H and O–H groups in total. The van der Waals surface area contributed by atoms with Crippen LogP contribution >= 0.6 is 0 Å². The number of carbonyl (C=O) groups excluding carboxylic acids is 1. The van der Waals surface area contributed by atoms with Gasteiger partial charge in [0.2, 0.25) is 0 Å². The molecule has 0 aromatic carbocycles. The van der Waals surface area contributed by atoms with Gasteiger partial charge in [-0.2, -0.15) is 0 Å². The Morgan fingerprint density at radius 3 is 2.44 bits per heavy atom. The Hall–Kier alpha value is -1.52. The third-order valence-corrected chi connectivity index (χ3v) is 5.60. The average molecular weight is 354 g/mol. The summed E-state index contributed by atoms with van der Waals surface area (Å²) in [5, 5.41) is 11.6. The second-order valence-electron chi connectivity index (χ2n) is 7.50. The van der Waals surface area contributed by atoms with Crippen LogP contribution in [-0.4, -0.2) is 23.4 Å². The SMILES string of the molecule is C=CC(C[C@H](CC1CCCCC1)[C@@H](NC(=O)O)OC(C)=O)C(C)CC. The lowest BCUT2D eigenvalue weighted by molar-refractivity contribution is -0.151. The maximum atomic E-state index is 11.5. The van der Waals surface area contributed by atoms with Crippen LogP contribution in [0.15, 0.2) is 12.7 Å². The second-order valence-corrected chi connectivity index (χ2v) is 7.50. The highest BCUT2D eigenvalue weighted by atomic mass is 16.6. The number of hydrogen-bond acceptors (Lipinski definition) is 3. The first kappa shape index (κ1) is 21.5. The Labute approximate surface area is 152 Å². The average Bonchev–Trinajstić information content (AvgIpc) is 2.57. The summed E-state index contributed by atoms with van der Waals surface area (Å²) in [6.07, 6.45) is 8.84. The number of carbonyl (C=O) groups is 2. The van der Waals surface area contributed by atoms with Crippen LogP contribution in [0.5, 0.6) is 0 Å². The highest BCUT2D eigenvalue weighted by molar-refractivity contribution is 5.68. The third kappa shape index (κ3) is 7.93. The predicted molar refractivity (Wildman–Crippen MR) is 99.2 cm³/mol. The Kier molecular flexibility index (Phi) is 9.61. The second kappa shape index (κ2) is 11.2. The number of ether oxygens (including phenoxy) is 1. The van der Waals surface area contributed by atoms with Crippen LogP contribution in [0.4, 0.5) is 4.79 Å². The fourth-order valence-corrected chi connectivity index (χ4v) is 3.95. The molecule has 1 aliphatic carbocycles. The zero-order chi connectivity index (χ0) is 18.8. The zero-order valence-corrected chi connectivity index (χ0v) is 16.0. The molecule has 1 amide bonds. The van der Waals surface area contributed by atoms with Crippen molar-refractivity contribution < 1.29 is 19.4 Å². The fourth-order valence-electron chi connectivity index (χ4n) is 3.95. The Bertz CT molecular complexity index is 415. The number of allylic oxidation sites excluding steroid dienone is 1. The lowest BCUT2D eigenvalue weighted by atomic mass is 9.76. The van der Waals surface area contributed by atoms with Gasteiger partial charge >= 0.3 is 12.1 Å². The lowest BCUT2D eigenvalue weighted by Gasteiger charge is -2.34. The number of esters is 1. The van der Waals surface area contributed by atoms with Gasteiger partial charge in [0.1, 0.15) is 0 Å². The minimum atomic E-state index is -1.15. The minimum Gasteiger partial charge on any atom is -0.465 e. The standard InChI is InChI=1S/C20H35NO4/c1-5-14(3)17(6-2)13-18(12-16-10-8-7-9-11-16)19(21-20(23)24)25-15(4)22/h6,14,16-19,21H,2,5,7-13H2,1,3-4H3,(H,23,24)/t14?,17?,18-,19-/m0/s1. The van der Waals surface area contributed by atoms with Crippen LogP contribution in [0.2, 0.25) is 0 Å². The first-order valence-corrected chi connectivity index (χ1v) is 9.66. The van der Waals surface area contributed by atoms with Crippen molar-refractivity contribution in [3.05, 3.63) is 12.7 Å². The molecule has 0 radical (unpaired) electrons. The molecule has 0 aliphatic heterocycles. The Morgan fingerprint density at radius 2 is 1.96 bits per heavy atom. The van der Waals surface area contributed by atoms with E-state index >= 15 is 0 Å². The van der Waals surface area contributed by atoms with Gasteiger partial charge in [0.15, 0.2) is 6.23 Å². The van der Waals surface area contributed by atoms with Crippen molar-refractivity contribution in [1.82, 2.24) is 5.32 Å². The predicted octanol–water partition coefficient (Wildman–Crippen LogP) is 4.97. The number of hydrogen-bond donors (Lipinski definition) is 2. The van der Waals surface area contributed by atoms with E-state index in [4.69, 9.17) is 4.74 Å². The van der Waals surface area contributed by atoms with Crippen LogP contribution in [0.3, 0.4) is 0 Å². The quantitative estimate of drug-likeness (QED) is 0.330. The monoisotopic (exact) mass is 353 g/mol. The van der Waals surface area contributed by atoms with Crippen LogP contribution < -0.4 is 5.32 Å². The summed E-state index contributed by atoms with van der Waals surface area (Å²) in [6.45, 7) is 9.63. The summed E-state index contributed by atoms with van der Waals surface area (Å²) >= 11 is 0. The van der Waals surface area contributed by atoms with E-state index in [1.165, 1.54) is 39.0 Å². The van der Waals surface area contributed by atoms with Crippen LogP contribution in [0.25, 0.3) is 0 Å². The maximum absolute atomic E-state index is 11.5. The molecule has 144 valence electrons. The van der Waals surface area contributed by atoms with Gasteiger partial charge in [0.25, 0.3) is 0 Å². The van der Waals surface area contributed by atoms with Gasteiger partial charge in [-0.15, -0.1) is 6.58 Å². The Balaban J connectivity index is 2.93. The summed E-state index contributed by atoms with van der Waals surface area (Å²) in [7, 11) is 0. The van der Waals surface area contributed by atoms with E-state index in [1.807, 2.05) is 6.08 Å². The van der Waals surface area contributed by atoms with Crippen molar-refractivity contribution in [2.24, 2.45) is 23.7 Å². The molecule has 0 aromatic rings. The Morgan fingerprint density at radius 1 is 1.32 bits per heavy atom. The molecule has 0 spiro atoms. The van der Waals surface area contributed by atoms with Gasteiger partial charge in [-0.05, 0) is 30.6 Å². The summed E-state index contributed by atoms with van der Waals surface area (Å²) in [6, 6.07) is 0. The molecule has 0 bridgehead atoms. The van der Waals surface area contributed by atoms with E-state index in [0.717, 1.165) is 19.3 Å². The van der Waals surface area contributed by atoms with Crippen LogP contribution in [-0.2, 0) is 9.53 Å². The molecule has 25 heavy (non-hydrogen) atoms. The number of amides is 1. The fraction of sp³-hybridized carbons (Fsp3) is 0.800. The van der Waals surface area contributed by atoms with Crippen molar-refractivity contribution in [3.8, 4) is 0 Å². The molecule has 0 saturated heterocycles. The smallest absolute Gasteiger partial charge is 0.407 e. The molecule has 1 aliphatic rings. The lowest BCUT2D eigenvalue weighted by Crippen LogP contribution is -2.44. The van der Waals surface area contributed by atoms with Crippen LogP contribution in [0.1, 0.15) is 72.1 Å². The van der Waals surface area contributed by atoms with Gasteiger partial charge in [-0.3, -0.25) is 10.1 Å². The number of nitrogens with one attached hydrogen (secondary N) is 1. The van der Waals surface area contributed by atoms with Crippen molar-refractivity contribution in [1.29, 1.82) is 0 Å². The summed E-state index contributed by atoms with van der Waals surface area (Å²) in [5.74, 6) is 0.849. The van der Waals surface area contributed by atoms with Gasteiger partial charge in [0.05, 0.1) is 0 Å². The van der Waals surface area contributed by atoms with Gasteiger partial charge < -0.3 is 9.84 Å². The van der Waals surface area contributed by atoms with Crippen molar-refractivity contribution >= 4 is 12.1 Å². The van der Waals surface area contributed by atoms with E-state index in [0.29, 0.717) is 11.8 Å². The third-order valence-electron chi connectivity index (χ3n) is 5.60. The first-order valence-electron chi connectivity index (χ1n) is 9.66. The van der Waals surface area contributed by atoms with Crippen molar-refractivity contribution in [3.63, 3.8) is 0 Å². The molecule has 5 nitrogen and oxygen atoms in total. The first-order chi connectivity index (χ1) is 11.9. The molecule has 4 atom stereocenters. The van der Waals surface area contributed by atoms with E-state index < -0.39 is 18.3 Å². The van der Waals surface area contributed by atoms with E-state index in [-0.39, 0.29) is 11.8 Å². The highest BCUT2D eigenvalue weighted by Gasteiger charge is 2.31. The largest absolute Gasteiger partial charge is 0.465 e. The van der Waals surface area contributed by atoms with E-state index in [2.05, 4.69) is 25.7 Å². The molecule has 2 unspecified atom stereocenters. The molecule has 0 heterocycles. The minimum absolute atomic E-state index is 0.0277. The molecule has 1 saturated carbocycles. The van der Waals surface area contributed by atoms with E-state index in [9.17, 15) is 14.7 Å². The summed E-state index contributed by atoms with van der Waals surface area (Å²) in [4.78, 5) is 22.7. The maximum Gasteiger partial charge on any atom is 0.407 e. The topological polar surface area (TPSA) is 75.6 Å². The van der Waals surface area contributed by atoms with Gasteiger partial charge in [-0.1, -0.05) is 58.4 Å². The molecule has 1 fully saturated rings. The highest BCUT2D eigenvalue weighted by Crippen LogP contribution is 2.35. The van der Waals surface area contributed by atoms with Crippen LogP contribution in [0, 0.1) is 23.7 Å². The van der Waals surface area contributed by atoms with Gasteiger partial charge in [0, 0.05) is 12.8 Å². The summed E-state index contributed by atoms with van der Waals surface area (Å²) < 4.78 is 5.36. The molecule has 5 heteroatoms. The van der Waals surface area contributed by atoms with E-state index in [1.54, 1.807) is 0 Å². The normalized spacial score (nSPS) is 20.1.